The molecular weight excluding hydrogens is 406 g/mol. The number of amides is 1. The van der Waals surface area contributed by atoms with Crippen LogP contribution in [0.4, 0.5) is 0 Å². The zero-order valence-electron chi connectivity index (χ0n) is 17.1. The number of carbonyl (C=O) groups is 2. The molecule has 2 aromatic rings. The largest absolute Gasteiger partial charge is 0.507 e. The van der Waals surface area contributed by atoms with Gasteiger partial charge in [-0.05, 0) is 56.9 Å². The van der Waals surface area contributed by atoms with Crippen LogP contribution < -0.4 is 4.74 Å². The number of hydrogen-bond donors (Lipinski definition) is 1. The number of benzene rings is 1. The van der Waals surface area contributed by atoms with Crippen molar-refractivity contribution in [3.63, 3.8) is 0 Å². The molecule has 30 heavy (non-hydrogen) atoms. The summed E-state index contributed by atoms with van der Waals surface area (Å²) in [6.07, 6.45) is 3.19. The number of pyridine rings is 1. The number of nitrogens with zero attached hydrogens (tertiary/aromatic N) is 3. The zero-order valence-corrected chi connectivity index (χ0v) is 17.9. The van der Waals surface area contributed by atoms with E-state index in [-0.39, 0.29) is 11.3 Å². The molecule has 1 atom stereocenters. The van der Waals surface area contributed by atoms with E-state index < -0.39 is 17.7 Å². The van der Waals surface area contributed by atoms with E-state index in [0.717, 1.165) is 0 Å². The molecule has 8 heteroatoms. The average molecular weight is 430 g/mol. The first-order valence-electron chi connectivity index (χ1n) is 9.61. The van der Waals surface area contributed by atoms with Gasteiger partial charge in [-0.25, -0.2) is 0 Å². The van der Waals surface area contributed by atoms with Gasteiger partial charge in [-0.15, -0.1) is 0 Å². The lowest BCUT2D eigenvalue weighted by Gasteiger charge is -2.26. The molecule has 1 unspecified atom stereocenters. The van der Waals surface area contributed by atoms with Crippen molar-refractivity contribution in [3.05, 3.63) is 64.4 Å². The van der Waals surface area contributed by atoms with E-state index >= 15 is 0 Å². The summed E-state index contributed by atoms with van der Waals surface area (Å²) in [4.78, 5) is 33.2. The smallest absolute Gasteiger partial charge is 0.295 e. The predicted molar refractivity (Wildman–Crippen MR) is 114 cm³/mol. The lowest BCUT2D eigenvalue weighted by atomic mass is 9.96. The summed E-state index contributed by atoms with van der Waals surface area (Å²) in [5.41, 5.74) is 1.09. The molecule has 1 fully saturated rings. The summed E-state index contributed by atoms with van der Waals surface area (Å²) < 4.78 is 5.49. The zero-order chi connectivity index (χ0) is 21.8. The van der Waals surface area contributed by atoms with Crippen LogP contribution in [0.15, 0.2) is 48.3 Å². The minimum absolute atomic E-state index is 0.0368. The number of hydrogen-bond acceptors (Lipinski definition) is 6. The second-order valence-electron chi connectivity index (χ2n) is 7.15. The van der Waals surface area contributed by atoms with Gasteiger partial charge in [0.15, 0.2) is 0 Å². The number of likely N-dealkylation sites (N-methyl/N-ethyl adjacent to an activating group) is 1. The number of halogens is 1. The Bertz CT molecular complexity index is 976. The monoisotopic (exact) mass is 429 g/mol. The van der Waals surface area contributed by atoms with Crippen molar-refractivity contribution in [3.8, 4) is 5.75 Å². The number of aliphatic hydroxyl groups is 1. The molecule has 0 spiro atoms. The molecule has 1 aromatic carbocycles. The van der Waals surface area contributed by atoms with Crippen molar-refractivity contribution in [2.24, 2.45) is 0 Å². The van der Waals surface area contributed by atoms with Crippen molar-refractivity contribution >= 4 is 29.1 Å². The molecule has 7 nitrogen and oxygen atoms in total. The molecule has 1 saturated heterocycles. The van der Waals surface area contributed by atoms with Crippen LogP contribution in [0, 0.1) is 0 Å². The van der Waals surface area contributed by atoms with E-state index in [2.05, 4.69) is 4.98 Å². The second kappa shape index (κ2) is 9.28. The Hall–Kier alpha value is -2.90. The Balaban J connectivity index is 2.13. The number of Topliss-reactive ketones (excluding diaryl/α,β-unsaturated/α-hetero) is 1. The fraction of sp³-hybridized carbons (Fsp3) is 0.318. The average Bonchev–Trinajstić information content (AvgIpc) is 2.98. The highest BCUT2D eigenvalue weighted by atomic mass is 35.5. The number of aromatic nitrogens is 1. The van der Waals surface area contributed by atoms with Crippen molar-refractivity contribution in [1.29, 1.82) is 0 Å². The molecule has 1 aliphatic rings. The molecule has 0 bridgehead atoms. The number of aliphatic hydroxyl groups excluding tert-OH is 1. The molecule has 3 rings (SSSR count). The summed E-state index contributed by atoms with van der Waals surface area (Å²) in [6, 6.07) is 7.51. The minimum atomic E-state index is -0.721. The first kappa shape index (κ1) is 21.8. The Morgan fingerprint density at radius 3 is 2.57 bits per heavy atom. The number of likely N-dealkylation sites (tertiary alicyclic amines) is 1. The van der Waals surface area contributed by atoms with Gasteiger partial charge in [0.1, 0.15) is 11.5 Å². The fourth-order valence-corrected chi connectivity index (χ4v) is 3.56. The molecule has 1 N–H and O–H groups in total. The molecule has 1 aromatic heterocycles. The summed E-state index contributed by atoms with van der Waals surface area (Å²) in [6.45, 7) is 3.13. The van der Waals surface area contributed by atoms with Gasteiger partial charge in [0.2, 0.25) is 0 Å². The van der Waals surface area contributed by atoms with Crippen molar-refractivity contribution in [2.75, 3.05) is 33.8 Å². The van der Waals surface area contributed by atoms with Gasteiger partial charge in [-0.1, -0.05) is 11.6 Å². The predicted octanol–water partition coefficient (Wildman–Crippen LogP) is 3.12. The normalized spacial score (nSPS) is 18.3. The van der Waals surface area contributed by atoms with Crippen LogP contribution in [0.25, 0.3) is 5.76 Å². The molecular formula is C22H24ClN3O4. The molecule has 1 amide bonds. The van der Waals surface area contributed by atoms with Gasteiger partial charge in [0.25, 0.3) is 11.7 Å². The SMILES string of the molecule is CCOc1cc(/C(O)=C2/C(=O)C(=O)N(CCN(C)C)C2c2ccncc2)ccc1Cl. The Labute approximate surface area is 180 Å². The minimum Gasteiger partial charge on any atom is -0.507 e. The highest BCUT2D eigenvalue weighted by molar-refractivity contribution is 6.46. The van der Waals surface area contributed by atoms with Gasteiger partial charge in [-0.3, -0.25) is 14.6 Å². The lowest BCUT2D eigenvalue weighted by Crippen LogP contribution is -2.35. The lowest BCUT2D eigenvalue weighted by molar-refractivity contribution is -0.140. The summed E-state index contributed by atoms with van der Waals surface area (Å²) >= 11 is 6.15. The number of rotatable bonds is 7. The third-order valence-corrected chi connectivity index (χ3v) is 5.17. The maximum absolute atomic E-state index is 12.9. The highest BCUT2D eigenvalue weighted by Gasteiger charge is 2.45. The van der Waals surface area contributed by atoms with Gasteiger partial charge >= 0.3 is 0 Å². The second-order valence-corrected chi connectivity index (χ2v) is 7.56. The van der Waals surface area contributed by atoms with Crippen molar-refractivity contribution in [1.82, 2.24) is 14.8 Å². The van der Waals surface area contributed by atoms with E-state index in [4.69, 9.17) is 16.3 Å². The summed E-state index contributed by atoms with van der Waals surface area (Å²) in [5, 5.41) is 11.5. The van der Waals surface area contributed by atoms with Gasteiger partial charge in [0.05, 0.1) is 23.2 Å². The fourth-order valence-electron chi connectivity index (χ4n) is 3.38. The Kier molecular flexibility index (Phi) is 6.74. The third kappa shape index (κ3) is 4.32. The van der Waals surface area contributed by atoms with Crippen molar-refractivity contribution in [2.45, 2.75) is 13.0 Å². The number of ether oxygens (including phenoxy) is 1. The van der Waals surface area contributed by atoms with E-state index in [0.29, 0.717) is 41.6 Å². The molecule has 0 aliphatic carbocycles. The standard InChI is InChI=1S/C22H24ClN3O4/c1-4-30-17-13-15(5-6-16(17)23)20(27)18-19(14-7-9-24-10-8-14)26(12-11-25(2)3)22(29)21(18)28/h5-10,13,19,27H,4,11-12H2,1-3H3/b20-18-. The molecule has 0 radical (unpaired) electrons. The van der Waals surface area contributed by atoms with Crippen LogP contribution in [0.1, 0.15) is 24.1 Å². The Morgan fingerprint density at radius 1 is 1.23 bits per heavy atom. The van der Waals surface area contributed by atoms with Crippen LogP contribution in [-0.4, -0.2) is 65.4 Å². The third-order valence-electron chi connectivity index (χ3n) is 4.85. The maximum atomic E-state index is 12.9. The van der Waals surface area contributed by atoms with Crippen LogP contribution in [0.5, 0.6) is 5.75 Å². The molecule has 0 saturated carbocycles. The summed E-state index contributed by atoms with van der Waals surface area (Å²) in [5.74, 6) is -1.23. The van der Waals surface area contributed by atoms with Gasteiger partial charge in [-0.2, -0.15) is 0 Å². The van der Waals surface area contributed by atoms with Crippen molar-refractivity contribution < 1.29 is 19.4 Å². The topological polar surface area (TPSA) is 83.0 Å². The van der Waals surface area contributed by atoms with Crippen LogP contribution in [0.3, 0.4) is 0 Å². The van der Waals surface area contributed by atoms with Crippen LogP contribution in [0.2, 0.25) is 5.02 Å². The quantitative estimate of drug-likeness (QED) is 0.413. The van der Waals surface area contributed by atoms with E-state index in [1.807, 2.05) is 25.9 Å². The Morgan fingerprint density at radius 2 is 1.93 bits per heavy atom. The van der Waals surface area contributed by atoms with Crippen LogP contribution >= 0.6 is 11.6 Å². The first-order valence-corrected chi connectivity index (χ1v) is 9.98. The number of ketones is 1. The van der Waals surface area contributed by atoms with E-state index in [1.54, 1.807) is 42.7 Å². The van der Waals surface area contributed by atoms with E-state index in [9.17, 15) is 14.7 Å². The highest BCUT2D eigenvalue weighted by Crippen LogP contribution is 2.40. The molecule has 2 heterocycles. The van der Waals surface area contributed by atoms with E-state index in [1.165, 1.54) is 4.90 Å². The summed E-state index contributed by atoms with van der Waals surface area (Å²) in [7, 11) is 3.78. The number of carbonyl (C=O) groups excluding carboxylic acids is 2. The maximum Gasteiger partial charge on any atom is 0.295 e. The van der Waals surface area contributed by atoms with Gasteiger partial charge in [0, 0.05) is 31.0 Å². The van der Waals surface area contributed by atoms with Gasteiger partial charge < -0.3 is 19.6 Å². The van der Waals surface area contributed by atoms with Crippen LogP contribution in [-0.2, 0) is 9.59 Å². The molecule has 1 aliphatic heterocycles. The molecule has 158 valence electrons. The first-order chi connectivity index (χ1) is 14.3.